The van der Waals surface area contributed by atoms with Gasteiger partial charge in [-0.1, -0.05) is 18.2 Å². The lowest BCUT2D eigenvalue weighted by Gasteiger charge is -2.36. The zero-order valence-electron chi connectivity index (χ0n) is 13.3. The molecule has 0 bridgehead atoms. The summed E-state index contributed by atoms with van der Waals surface area (Å²) >= 11 is 0. The largest absolute Gasteiger partial charge is 0.396 e. The number of aliphatic hydroxyl groups excluding tert-OH is 1. The number of benzene rings is 1. The van der Waals surface area contributed by atoms with Gasteiger partial charge in [-0.3, -0.25) is 9.88 Å². The normalized spacial score (nSPS) is 15.7. The molecule has 23 heavy (non-hydrogen) atoms. The van der Waals surface area contributed by atoms with Crippen LogP contribution in [0.2, 0.25) is 0 Å². The monoisotopic (exact) mass is 310 g/mol. The summed E-state index contributed by atoms with van der Waals surface area (Å²) in [7, 11) is 0. The highest BCUT2D eigenvalue weighted by Gasteiger charge is 2.21. The Morgan fingerprint density at radius 2 is 1.91 bits per heavy atom. The fraction of sp³-hybridized carbons (Fsp3) is 0.444. The van der Waals surface area contributed by atoms with E-state index in [1.807, 2.05) is 24.3 Å². The molecule has 0 saturated carbocycles. The molecule has 0 amide bonds. The SMILES string of the molecule is N#Cc1cnc2ccccc2c1N1CCN(CCCCO)CC1. The van der Waals surface area contributed by atoms with Crippen LogP contribution in [0.3, 0.4) is 0 Å². The van der Waals surface area contributed by atoms with Gasteiger partial charge in [0.1, 0.15) is 6.07 Å². The van der Waals surface area contributed by atoms with Crippen LogP contribution in [-0.2, 0) is 0 Å². The van der Waals surface area contributed by atoms with E-state index in [0.29, 0.717) is 5.56 Å². The summed E-state index contributed by atoms with van der Waals surface area (Å²) < 4.78 is 0. The van der Waals surface area contributed by atoms with Crippen molar-refractivity contribution in [2.45, 2.75) is 12.8 Å². The fourth-order valence-corrected chi connectivity index (χ4v) is 3.19. The zero-order chi connectivity index (χ0) is 16.1. The molecule has 1 aliphatic heterocycles. The molecule has 3 rings (SSSR count). The van der Waals surface area contributed by atoms with Gasteiger partial charge in [0.2, 0.25) is 0 Å². The summed E-state index contributed by atoms with van der Waals surface area (Å²) in [4.78, 5) is 9.13. The molecule has 5 heteroatoms. The third kappa shape index (κ3) is 3.44. The number of hydrogen-bond donors (Lipinski definition) is 1. The van der Waals surface area contributed by atoms with E-state index in [-0.39, 0.29) is 6.61 Å². The third-order valence-electron chi connectivity index (χ3n) is 4.44. The Labute approximate surface area is 136 Å². The molecule has 5 nitrogen and oxygen atoms in total. The van der Waals surface area contributed by atoms with Gasteiger partial charge in [-0.15, -0.1) is 0 Å². The first-order chi connectivity index (χ1) is 11.3. The number of hydrogen-bond acceptors (Lipinski definition) is 5. The molecule has 1 aromatic carbocycles. The molecule has 2 aromatic rings. The Bertz CT molecular complexity index is 702. The Kier molecular flexibility index (Phi) is 5.06. The highest BCUT2D eigenvalue weighted by molar-refractivity contribution is 5.94. The van der Waals surface area contributed by atoms with Crippen molar-refractivity contribution in [2.75, 3.05) is 44.2 Å². The second-order valence-corrected chi connectivity index (χ2v) is 5.91. The van der Waals surface area contributed by atoms with Gasteiger partial charge < -0.3 is 10.0 Å². The van der Waals surface area contributed by atoms with E-state index < -0.39 is 0 Å². The number of fused-ring (bicyclic) bond motifs is 1. The lowest BCUT2D eigenvalue weighted by atomic mass is 10.1. The molecule has 120 valence electrons. The van der Waals surface area contributed by atoms with Crippen LogP contribution >= 0.6 is 0 Å². The average Bonchev–Trinajstić information content (AvgIpc) is 2.61. The van der Waals surface area contributed by atoms with Gasteiger partial charge >= 0.3 is 0 Å². The van der Waals surface area contributed by atoms with E-state index in [1.165, 1.54) is 0 Å². The minimum Gasteiger partial charge on any atom is -0.396 e. The highest BCUT2D eigenvalue weighted by Crippen LogP contribution is 2.29. The molecular formula is C18H22N4O. The van der Waals surface area contributed by atoms with Crippen LogP contribution in [0.25, 0.3) is 10.9 Å². The van der Waals surface area contributed by atoms with Crippen LogP contribution in [0.15, 0.2) is 30.5 Å². The van der Waals surface area contributed by atoms with Gasteiger partial charge in [0.05, 0.1) is 16.8 Å². The lowest BCUT2D eigenvalue weighted by molar-refractivity contribution is 0.232. The quantitative estimate of drug-likeness (QED) is 0.856. The van der Waals surface area contributed by atoms with E-state index in [4.69, 9.17) is 5.11 Å². The number of anilines is 1. The second-order valence-electron chi connectivity index (χ2n) is 5.91. The maximum Gasteiger partial charge on any atom is 0.103 e. The number of para-hydroxylation sites is 1. The van der Waals surface area contributed by atoms with E-state index >= 15 is 0 Å². The van der Waals surface area contributed by atoms with E-state index in [1.54, 1.807) is 6.20 Å². The van der Waals surface area contributed by atoms with Crippen molar-refractivity contribution in [3.05, 3.63) is 36.0 Å². The summed E-state index contributed by atoms with van der Waals surface area (Å²) in [6.45, 7) is 5.13. The van der Waals surface area contributed by atoms with Crippen molar-refractivity contribution in [1.82, 2.24) is 9.88 Å². The molecule has 1 N–H and O–H groups in total. The molecule has 1 aromatic heterocycles. The Hall–Kier alpha value is -2.16. The maximum absolute atomic E-state index is 9.45. The Morgan fingerprint density at radius 1 is 1.13 bits per heavy atom. The molecule has 1 fully saturated rings. The van der Waals surface area contributed by atoms with Crippen LogP contribution in [0.4, 0.5) is 5.69 Å². The number of pyridine rings is 1. The molecular weight excluding hydrogens is 288 g/mol. The molecule has 1 aliphatic rings. The van der Waals surface area contributed by atoms with Gasteiger partial charge in [-0.2, -0.15) is 5.26 Å². The van der Waals surface area contributed by atoms with E-state index in [0.717, 1.165) is 62.2 Å². The van der Waals surface area contributed by atoms with Crippen LogP contribution in [0, 0.1) is 11.3 Å². The van der Waals surface area contributed by atoms with E-state index in [9.17, 15) is 5.26 Å². The first-order valence-corrected chi connectivity index (χ1v) is 8.19. The first-order valence-electron chi connectivity index (χ1n) is 8.19. The smallest absolute Gasteiger partial charge is 0.103 e. The minimum absolute atomic E-state index is 0.272. The van der Waals surface area contributed by atoms with Crippen LogP contribution < -0.4 is 4.90 Å². The number of nitrogens with zero attached hydrogens (tertiary/aromatic N) is 4. The average molecular weight is 310 g/mol. The lowest BCUT2D eigenvalue weighted by Crippen LogP contribution is -2.47. The van der Waals surface area contributed by atoms with Gasteiger partial charge in [0.25, 0.3) is 0 Å². The van der Waals surface area contributed by atoms with Crippen LogP contribution in [0.1, 0.15) is 18.4 Å². The fourth-order valence-electron chi connectivity index (χ4n) is 3.19. The molecule has 2 heterocycles. The number of aromatic nitrogens is 1. The van der Waals surface area contributed by atoms with Gasteiger partial charge in [-0.05, 0) is 25.5 Å². The van der Waals surface area contributed by atoms with Crippen LogP contribution in [0.5, 0.6) is 0 Å². The minimum atomic E-state index is 0.272. The summed E-state index contributed by atoms with van der Waals surface area (Å²) in [6.07, 6.45) is 3.59. The predicted molar refractivity (Wildman–Crippen MR) is 91.4 cm³/mol. The van der Waals surface area contributed by atoms with Gasteiger partial charge in [0, 0.05) is 44.4 Å². The summed E-state index contributed by atoms with van der Waals surface area (Å²) in [5.41, 5.74) is 2.61. The molecule has 0 aliphatic carbocycles. The number of rotatable bonds is 5. The topological polar surface area (TPSA) is 63.4 Å². The van der Waals surface area contributed by atoms with Crippen molar-refractivity contribution in [2.24, 2.45) is 0 Å². The highest BCUT2D eigenvalue weighted by atomic mass is 16.2. The van der Waals surface area contributed by atoms with Crippen LogP contribution in [-0.4, -0.2) is 54.3 Å². The second kappa shape index (κ2) is 7.40. The Balaban J connectivity index is 1.78. The molecule has 0 spiro atoms. The summed E-state index contributed by atoms with van der Waals surface area (Å²) in [6, 6.07) is 10.3. The predicted octanol–water partition coefficient (Wildman–Crippen LogP) is 2.00. The molecule has 0 unspecified atom stereocenters. The number of piperazine rings is 1. The number of unbranched alkanes of at least 4 members (excludes halogenated alkanes) is 1. The molecule has 1 saturated heterocycles. The van der Waals surface area contributed by atoms with Crippen molar-refractivity contribution < 1.29 is 5.11 Å². The van der Waals surface area contributed by atoms with Gasteiger partial charge in [-0.25, -0.2) is 0 Å². The first kappa shape index (κ1) is 15.7. The van der Waals surface area contributed by atoms with E-state index in [2.05, 4.69) is 20.9 Å². The summed E-state index contributed by atoms with van der Waals surface area (Å²) in [5, 5.41) is 19.4. The molecule has 0 radical (unpaired) electrons. The van der Waals surface area contributed by atoms with Crippen molar-refractivity contribution in [1.29, 1.82) is 5.26 Å². The van der Waals surface area contributed by atoms with Crippen molar-refractivity contribution in [3.63, 3.8) is 0 Å². The number of nitriles is 1. The standard InChI is InChI=1S/C18H22N4O/c19-13-15-14-20-17-6-2-1-5-16(17)18(15)22-10-8-21(9-11-22)7-3-4-12-23/h1-2,5-6,14,23H,3-4,7-12H2. The third-order valence-corrected chi connectivity index (χ3v) is 4.44. The maximum atomic E-state index is 9.45. The summed E-state index contributed by atoms with van der Waals surface area (Å²) in [5.74, 6) is 0. The molecule has 0 atom stereocenters. The van der Waals surface area contributed by atoms with Gasteiger partial charge in [0.15, 0.2) is 0 Å². The number of aliphatic hydroxyl groups is 1. The Morgan fingerprint density at radius 3 is 2.65 bits per heavy atom. The zero-order valence-corrected chi connectivity index (χ0v) is 13.3. The van der Waals surface area contributed by atoms with Crippen molar-refractivity contribution >= 4 is 16.6 Å². The van der Waals surface area contributed by atoms with Crippen molar-refractivity contribution in [3.8, 4) is 6.07 Å².